The highest BCUT2D eigenvalue weighted by atomic mass is 16.3. The Bertz CT molecular complexity index is 200. The summed E-state index contributed by atoms with van der Waals surface area (Å²) in [6.07, 6.45) is 1.64. The molecule has 2 nitrogen and oxygen atoms in total. The van der Waals surface area contributed by atoms with Gasteiger partial charge in [-0.05, 0) is 19.9 Å². The van der Waals surface area contributed by atoms with Crippen molar-refractivity contribution in [1.29, 1.82) is 0 Å². The van der Waals surface area contributed by atoms with Gasteiger partial charge >= 0.3 is 0 Å². The molecule has 0 saturated heterocycles. The quantitative estimate of drug-likeness (QED) is 0.627. The van der Waals surface area contributed by atoms with E-state index in [2.05, 4.69) is 11.1 Å². The van der Waals surface area contributed by atoms with Gasteiger partial charge in [0.1, 0.15) is 5.60 Å². The second-order valence-corrected chi connectivity index (χ2v) is 2.69. The molecule has 1 radical (unpaired) electrons. The molecule has 0 spiro atoms. The van der Waals surface area contributed by atoms with Crippen molar-refractivity contribution in [2.75, 3.05) is 0 Å². The van der Waals surface area contributed by atoms with Crippen LogP contribution in [-0.2, 0) is 5.60 Å². The summed E-state index contributed by atoms with van der Waals surface area (Å²) in [6, 6.07) is 6.36. The predicted molar refractivity (Wildman–Crippen MR) is 38.3 cm³/mol. The zero-order chi connectivity index (χ0) is 7.61. The number of rotatable bonds is 1. The Kier molecular flexibility index (Phi) is 1.72. The van der Waals surface area contributed by atoms with Gasteiger partial charge in [0.15, 0.2) is 0 Å². The standard InChI is InChI=1S/C8H10NO/c1-8(2,10)7-5-3-4-6-9-7/h3-4,6,10H,1-2H3. The van der Waals surface area contributed by atoms with Crippen molar-refractivity contribution in [1.82, 2.24) is 4.98 Å². The van der Waals surface area contributed by atoms with Gasteiger partial charge in [-0.25, -0.2) is 0 Å². The highest BCUT2D eigenvalue weighted by Crippen LogP contribution is 2.14. The number of aromatic nitrogens is 1. The molecule has 53 valence electrons. The lowest BCUT2D eigenvalue weighted by Crippen LogP contribution is -2.16. The minimum absolute atomic E-state index is 0.579. The van der Waals surface area contributed by atoms with Gasteiger partial charge in [0.05, 0.1) is 5.69 Å². The lowest BCUT2D eigenvalue weighted by Gasteiger charge is -2.14. The number of aliphatic hydroxyl groups is 1. The van der Waals surface area contributed by atoms with Crippen molar-refractivity contribution in [3.05, 3.63) is 30.1 Å². The first-order valence-electron chi connectivity index (χ1n) is 3.16. The summed E-state index contributed by atoms with van der Waals surface area (Å²) in [6.45, 7) is 3.37. The molecule has 0 fully saturated rings. The molecular weight excluding hydrogens is 126 g/mol. The fourth-order valence-electron chi connectivity index (χ4n) is 0.659. The van der Waals surface area contributed by atoms with Gasteiger partial charge in [-0.1, -0.05) is 6.07 Å². The van der Waals surface area contributed by atoms with Crippen LogP contribution in [-0.4, -0.2) is 10.1 Å². The molecule has 0 saturated carbocycles. The van der Waals surface area contributed by atoms with E-state index in [9.17, 15) is 5.11 Å². The molecule has 0 aliphatic rings. The number of pyridine rings is 1. The summed E-state index contributed by atoms with van der Waals surface area (Å²) < 4.78 is 0. The van der Waals surface area contributed by atoms with Gasteiger partial charge in [-0.3, -0.25) is 4.98 Å². The molecule has 10 heavy (non-hydrogen) atoms. The Balaban J connectivity index is 2.97. The molecule has 1 aromatic rings. The number of hydrogen-bond donors (Lipinski definition) is 1. The van der Waals surface area contributed by atoms with Crippen LogP contribution in [0.1, 0.15) is 19.5 Å². The third kappa shape index (κ3) is 1.54. The van der Waals surface area contributed by atoms with Crippen molar-refractivity contribution in [2.45, 2.75) is 19.4 Å². The molecule has 1 N–H and O–H groups in total. The average Bonchev–Trinajstić information content (AvgIpc) is 1.88. The van der Waals surface area contributed by atoms with E-state index >= 15 is 0 Å². The van der Waals surface area contributed by atoms with Crippen molar-refractivity contribution in [2.24, 2.45) is 0 Å². The van der Waals surface area contributed by atoms with Gasteiger partial charge in [-0.15, -0.1) is 0 Å². The summed E-state index contributed by atoms with van der Waals surface area (Å²) in [4.78, 5) is 3.94. The molecule has 0 unspecified atom stereocenters. The topological polar surface area (TPSA) is 33.1 Å². The SMILES string of the molecule is CC(C)(O)c1[c]cccn1. The lowest BCUT2D eigenvalue weighted by atomic mass is 10.1. The normalized spacial score (nSPS) is 11.5. The van der Waals surface area contributed by atoms with E-state index in [1.807, 2.05) is 0 Å². The zero-order valence-corrected chi connectivity index (χ0v) is 6.13. The first-order valence-corrected chi connectivity index (χ1v) is 3.16. The van der Waals surface area contributed by atoms with Crippen LogP contribution in [0.2, 0.25) is 0 Å². The van der Waals surface area contributed by atoms with E-state index in [-0.39, 0.29) is 0 Å². The minimum Gasteiger partial charge on any atom is -0.384 e. The van der Waals surface area contributed by atoms with Crippen LogP contribution in [0.25, 0.3) is 0 Å². The van der Waals surface area contributed by atoms with E-state index in [0.717, 1.165) is 0 Å². The van der Waals surface area contributed by atoms with E-state index in [0.29, 0.717) is 5.69 Å². The second-order valence-electron chi connectivity index (χ2n) is 2.69. The van der Waals surface area contributed by atoms with Crippen molar-refractivity contribution in [3.63, 3.8) is 0 Å². The molecule has 0 aliphatic heterocycles. The van der Waals surface area contributed by atoms with Crippen LogP contribution in [0, 0.1) is 6.07 Å². The fourth-order valence-corrected chi connectivity index (χ4v) is 0.659. The predicted octanol–water partition coefficient (Wildman–Crippen LogP) is 1.11. The minimum atomic E-state index is -0.874. The van der Waals surface area contributed by atoms with Crippen molar-refractivity contribution < 1.29 is 5.11 Å². The highest BCUT2D eigenvalue weighted by molar-refractivity contribution is 5.08. The first-order chi connectivity index (χ1) is 4.61. The van der Waals surface area contributed by atoms with Crippen molar-refractivity contribution in [3.8, 4) is 0 Å². The van der Waals surface area contributed by atoms with E-state index in [1.54, 1.807) is 32.2 Å². The third-order valence-corrected chi connectivity index (χ3v) is 1.19. The van der Waals surface area contributed by atoms with E-state index in [1.165, 1.54) is 0 Å². The number of nitrogens with zero attached hydrogens (tertiary/aromatic N) is 1. The molecule has 0 aliphatic carbocycles. The molecular formula is C8H10NO. The smallest absolute Gasteiger partial charge is 0.102 e. The third-order valence-electron chi connectivity index (χ3n) is 1.19. The second kappa shape index (κ2) is 2.39. The summed E-state index contributed by atoms with van der Waals surface area (Å²) in [5.74, 6) is 0. The highest BCUT2D eigenvalue weighted by Gasteiger charge is 2.16. The Morgan fingerprint density at radius 1 is 1.60 bits per heavy atom. The molecule has 0 amide bonds. The molecule has 0 atom stereocenters. The van der Waals surface area contributed by atoms with E-state index in [4.69, 9.17) is 0 Å². The molecule has 1 aromatic heterocycles. The average molecular weight is 136 g/mol. The Hall–Kier alpha value is -0.890. The van der Waals surface area contributed by atoms with Crippen LogP contribution >= 0.6 is 0 Å². The Morgan fingerprint density at radius 3 is 2.60 bits per heavy atom. The summed E-state index contributed by atoms with van der Waals surface area (Å²) in [7, 11) is 0. The molecule has 0 aromatic carbocycles. The van der Waals surface area contributed by atoms with Crippen LogP contribution in [0.4, 0.5) is 0 Å². The largest absolute Gasteiger partial charge is 0.384 e. The van der Waals surface area contributed by atoms with Gasteiger partial charge in [0, 0.05) is 12.3 Å². The molecule has 1 rings (SSSR count). The maximum Gasteiger partial charge on any atom is 0.102 e. The Labute approximate surface area is 60.5 Å². The van der Waals surface area contributed by atoms with Crippen molar-refractivity contribution >= 4 is 0 Å². The lowest BCUT2D eigenvalue weighted by molar-refractivity contribution is 0.0735. The molecule has 2 heteroatoms. The Morgan fingerprint density at radius 2 is 2.30 bits per heavy atom. The van der Waals surface area contributed by atoms with Gasteiger partial charge in [0.25, 0.3) is 0 Å². The first kappa shape index (κ1) is 7.22. The van der Waals surface area contributed by atoms with Gasteiger partial charge in [0.2, 0.25) is 0 Å². The molecule has 1 heterocycles. The van der Waals surface area contributed by atoms with Crippen LogP contribution in [0.15, 0.2) is 18.3 Å². The van der Waals surface area contributed by atoms with E-state index < -0.39 is 5.60 Å². The van der Waals surface area contributed by atoms with Crippen LogP contribution in [0.3, 0.4) is 0 Å². The summed E-state index contributed by atoms with van der Waals surface area (Å²) in [5.41, 5.74) is -0.295. The fraction of sp³-hybridized carbons (Fsp3) is 0.375. The number of hydrogen-bond acceptors (Lipinski definition) is 2. The van der Waals surface area contributed by atoms with Crippen LogP contribution < -0.4 is 0 Å². The maximum atomic E-state index is 9.40. The monoisotopic (exact) mass is 136 g/mol. The van der Waals surface area contributed by atoms with Gasteiger partial charge < -0.3 is 5.11 Å². The summed E-state index contributed by atoms with van der Waals surface area (Å²) in [5, 5.41) is 9.40. The molecule has 0 bridgehead atoms. The zero-order valence-electron chi connectivity index (χ0n) is 6.13. The maximum absolute atomic E-state index is 9.40. The van der Waals surface area contributed by atoms with Gasteiger partial charge in [-0.2, -0.15) is 0 Å². The van der Waals surface area contributed by atoms with Crippen LogP contribution in [0.5, 0.6) is 0 Å². The summed E-state index contributed by atoms with van der Waals surface area (Å²) >= 11 is 0.